The Kier molecular flexibility index (Phi) is 22.7. The zero-order valence-corrected chi connectivity index (χ0v) is 40.3. The molecule has 390 valence electrons. The molecule has 1 aliphatic rings. The molecule has 25 heteroatoms. The fourth-order valence-corrected chi connectivity index (χ4v) is 7.79. The molecule has 0 unspecified atom stereocenters. The average molecular weight is 1000 g/mol. The van der Waals surface area contributed by atoms with Crippen LogP contribution in [0.4, 0.5) is 0 Å². The first-order valence-corrected chi connectivity index (χ1v) is 23.7. The van der Waals surface area contributed by atoms with Gasteiger partial charge in [0.2, 0.25) is 53.2 Å². The summed E-state index contributed by atoms with van der Waals surface area (Å²) in [6, 6.07) is 7.55. The summed E-state index contributed by atoms with van der Waals surface area (Å²) in [4.78, 5) is 134. The van der Waals surface area contributed by atoms with E-state index in [4.69, 9.17) is 28.7 Å². The third-order valence-corrected chi connectivity index (χ3v) is 11.4. The summed E-state index contributed by atoms with van der Waals surface area (Å²) in [6.07, 6.45) is 2.56. The molecule has 0 radical (unpaired) electrons. The number of benzene rings is 2. The Labute approximate surface area is 416 Å². The van der Waals surface area contributed by atoms with Gasteiger partial charge < -0.3 is 76.2 Å². The molecule has 0 saturated carbocycles. The number of para-hydroxylation sites is 1. The van der Waals surface area contributed by atoms with Crippen LogP contribution in [-0.4, -0.2) is 132 Å². The number of guanidine groups is 2. The van der Waals surface area contributed by atoms with Crippen molar-refractivity contribution in [3.8, 4) is 0 Å². The minimum atomic E-state index is -1.74. The minimum Gasteiger partial charge on any atom is -0.370 e. The van der Waals surface area contributed by atoms with E-state index in [0.29, 0.717) is 24.8 Å². The van der Waals surface area contributed by atoms with Crippen molar-refractivity contribution in [2.75, 3.05) is 26.2 Å². The van der Waals surface area contributed by atoms with Crippen molar-refractivity contribution in [2.45, 2.75) is 114 Å². The molecule has 1 aromatic heterocycles. The van der Waals surface area contributed by atoms with Crippen LogP contribution in [0.25, 0.3) is 10.9 Å². The van der Waals surface area contributed by atoms with Gasteiger partial charge in [0.1, 0.15) is 36.3 Å². The number of fused-ring (bicyclic) bond motifs is 1. The fraction of sp³-hybridized carbons (Fsp3) is 0.468. The highest BCUT2D eigenvalue weighted by Crippen LogP contribution is 2.20. The monoisotopic (exact) mass is 1000 g/mol. The van der Waals surface area contributed by atoms with Crippen molar-refractivity contribution in [3.63, 3.8) is 0 Å². The van der Waals surface area contributed by atoms with Gasteiger partial charge in [0, 0.05) is 69.5 Å². The van der Waals surface area contributed by atoms with Crippen LogP contribution >= 0.6 is 0 Å². The summed E-state index contributed by atoms with van der Waals surface area (Å²) in [5.41, 5.74) is 29.6. The lowest BCUT2D eigenvalue weighted by Crippen LogP contribution is -2.61. The number of primary amides is 1. The number of aliphatic imine (C=N–C) groups is 2. The second-order valence-electron chi connectivity index (χ2n) is 17.3. The quantitative estimate of drug-likeness (QED) is 0.0358. The van der Waals surface area contributed by atoms with Crippen molar-refractivity contribution >= 4 is 76.0 Å². The Morgan fingerprint density at radius 3 is 1.97 bits per heavy atom. The van der Waals surface area contributed by atoms with Crippen molar-refractivity contribution in [1.82, 2.24) is 47.5 Å². The number of amides is 9. The number of H-pyrrole nitrogens is 1. The number of carbonyl (C=O) groups is 9. The summed E-state index contributed by atoms with van der Waals surface area (Å²) in [6.45, 7) is 1.07. The van der Waals surface area contributed by atoms with E-state index >= 15 is 0 Å². The van der Waals surface area contributed by atoms with Crippen LogP contribution in [0.3, 0.4) is 0 Å². The number of rotatable bonds is 17. The Bertz CT molecular complexity index is 2420. The first-order chi connectivity index (χ1) is 34.4. The normalized spacial score (nSPS) is 20.4. The van der Waals surface area contributed by atoms with Crippen LogP contribution in [0.15, 0.2) is 70.8 Å². The lowest BCUT2D eigenvalue weighted by Gasteiger charge is -2.27. The zero-order chi connectivity index (χ0) is 52.6. The molecule has 3 aromatic rings. The molecule has 2 heterocycles. The van der Waals surface area contributed by atoms with Crippen molar-refractivity contribution in [2.24, 2.45) is 38.7 Å². The van der Waals surface area contributed by atoms with Crippen LogP contribution in [-0.2, 0) is 56.0 Å². The molecule has 1 saturated heterocycles. The van der Waals surface area contributed by atoms with Crippen LogP contribution in [0, 0.1) is 0 Å². The lowest BCUT2D eigenvalue weighted by atomic mass is 10.0. The SMILES string of the molecule is CC(=O)N[C@@H](CCCN=C(N)N)C(=O)N[C@H]1CNC(=O)CCCCCNC(=O)[C@H](Cc2c[nH]c3ccccc23)NC(=O)[C@H](CCCN=C(N)N)NC(=O)[C@@H](Cc2ccccc2)NC(=O)[C@H](CC(N)=O)NC1=O. The van der Waals surface area contributed by atoms with Crippen LogP contribution < -0.4 is 71.2 Å². The fourth-order valence-electron chi connectivity index (χ4n) is 7.79. The maximum Gasteiger partial charge on any atom is 0.245 e. The highest BCUT2D eigenvalue weighted by molar-refractivity contribution is 5.99. The van der Waals surface area contributed by atoms with Gasteiger partial charge in [-0.15, -0.1) is 0 Å². The topological polar surface area (TPSA) is 420 Å². The molecule has 4 rings (SSSR count). The molecule has 6 atom stereocenters. The van der Waals surface area contributed by atoms with Gasteiger partial charge in [-0.05, 0) is 55.7 Å². The summed E-state index contributed by atoms with van der Waals surface area (Å²) in [5.74, 6) is -7.49. The molecule has 72 heavy (non-hydrogen) atoms. The lowest BCUT2D eigenvalue weighted by molar-refractivity contribution is -0.136. The van der Waals surface area contributed by atoms with Crippen LogP contribution in [0.5, 0.6) is 0 Å². The zero-order valence-electron chi connectivity index (χ0n) is 40.3. The molecular formula is C47H68N16O9. The van der Waals surface area contributed by atoms with Gasteiger partial charge in [0.05, 0.1) is 6.42 Å². The Balaban J connectivity index is 1.72. The predicted octanol–water partition coefficient (Wildman–Crippen LogP) is -3.33. The van der Waals surface area contributed by atoms with Gasteiger partial charge in [-0.25, -0.2) is 0 Å². The number of hydrogen-bond acceptors (Lipinski definition) is 11. The minimum absolute atomic E-state index is 0.0180. The number of aromatic amines is 1. The summed E-state index contributed by atoms with van der Waals surface area (Å²) >= 11 is 0. The maximum atomic E-state index is 14.5. The highest BCUT2D eigenvalue weighted by Gasteiger charge is 2.34. The van der Waals surface area contributed by atoms with Gasteiger partial charge in [0.25, 0.3) is 0 Å². The van der Waals surface area contributed by atoms with Gasteiger partial charge in [-0.3, -0.25) is 53.1 Å². The van der Waals surface area contributed by atoms with E-state index in [9.17, 15) is 43.2 Å². The van der Waals surface area contributed by atoms with E-state index in [2.05, 4.69) is 57.5 Å². The highest BCUT2D eigenvalue weighted by atomic mass is 16.2. The largest absolute Gasteiger partial charge is 0.370 e. The van der Waals surface area contributed by atoms with Crippen LogP contribution in [0.2, 0.25) is 0 Å². The van der Waals surface area contributed by atoms with Crippen molar-refractivity contribution in [1.29, 1.82) is 0 Å². The van der Waals surface area contributed by atoms with Crippen molar-refractivity contribution < 1.29 is 43.2 Å². The molecule has 19 N–H and O–H groups in total. The van der Waals surface area contributed by atoms with E-state index in [1.54, 1.807) is 36.5 Å². The number of aromatic nitrogens is 1. The molecule has 2 aromatic carbocycles. The number of carbonyl (C=O) groups excluding carboxylic acids is 9. The maximum absolute atomic E-state index is 14.5. The third kappa shape index (κ3) is 19.6. The van der Waals surface area contributed by atoms with Gasteiger partial charge in [0.15, 0.2) is 11.9 Å². The Morgan fingerprint density at radius 1 is 0.681 bits per heavy atom. The smallest absolute Gasteiger partial charge is 0.245 e. The van der Waals surface area contributed by atoms with E-state index < -0.39 is 102 Å². The first-order valence-electron chi connectivity index (χ1n) is 23.7. The van der Waals surface area contributed by atoms with Gasteiger partial charge in [-0.2, -0.15) is 0 Å². The van der Waals surface area contributed by atoms with Crippen molar-refractivity contribution in [3.05, 3.63) is 71.9 Å². The average Bonchev–Trinajstić information content (AvgIpc) is 3.74. The third-order valence-electron chi connectivity index (χ3n) is 11.4. The van der Waals surface area contributed by atoms with E-state index in [-0.39, 0.29) is 76.5 Å². The molecule has 9 amide bonds. The number of nitrogens with one attached hydrogen (secondary N) is 9. The summed E-state index contributed by atoms with van der Waals surface area (Å²) in [7, 11) is 0. The Hall–Kier alpha value is -8.25. The molecule has 0 bridgehead atoms. The first kappa shape index (κ1) is 56.3. The summed E-state index contributed by atoms with van der Waals surface area (Å²) in [5, 5.41) is 22.0. The van der Waals surface area contributed by atoms with E-state index in [0.717, 1.165) is 16.5 Å². The second-order valence-corrected chi connectivity index (χ2v) is 17.3. The number of nitrogens with zero attached hydrogens (tertiary/aromatic N) is 2. The second kappa shape index (κ2) is 29.1. The van der Waals surface area contributed by atoms with Gasteiger partial charge in [-0.1, -0.05) is 55.0 Å². The van der Waals surface area contributed by atoms with Gasteiger partial charge >= 0.3 is 0 Å². The van der Waals surface area contributed by atoms with E-state index in [1.165, 1.54) is 6.92 Å². The Morgan fingerprint density at radius 2 is 1.29 bits per heavy atom. The standard InChI is InChI=1S/C47H68N16O9/c1-27(64)58-32(16-10-20-54-46(49)50)41(68)63-37-26-57-39(66)18-6-3-9-19-53-40(67)35(23-29-25-56-31-15-8-7-14-30(29)31)61-42(69)33(17-11-21-55-47(51)52)59-43(70)34(22-28-12-4-2-5-13-28)60-44(71)36(24-38(48)65)62-45(37)72/h2,4-5,7-8,12-15,25,32-37,56H,3,6,9-11,16-24,26H2,1H3,(H2,48,65)(H,53,67)(H,57,66)(H,58,64)(H,59,70)(H,60,71)(H,61,69)(H,62,72)(H,63,68)(H4,49,50,54)(H4,51,52,55)/t32-,33-,34+,35-,36-,37-/m0/s1. The molecule has 0 spiro atoms. The number of hydrogen-bond donors (Lipinski definition) is 14. The predicted molar refractivity (Wildman–Crippen MR) is 268 cm³/mol. The van der Waals surface area contributed by atoms with Crippen LogP contribution in [0.1, 0.15) is 75.8 Å². The summed E-state index contributed by atoms with van der Waals surface area (Å²) < 4.78 is 0. The molecular weight excluding hydrogens is 933 g/mol. The van der Waals surface area contributed by atoms with E-state index in [1.807, 2.05) is 24.3 Å². The molecule has 0 aliphatic carbocycles. The molecule has 1 aliphatic heterocycles. The molecule has 1 fully saturated rings. The molecule has 25 nitrogen and oxygen atoms in total. The number of nitrogens with two attached hydrogens (primary N) is 5.